The number of hydrogen-bond donors (Lipinski definition) is 1. The van der Waals surface area contributed by atoms with Gasteiger partial charge in [-0.3, -0.25) is 0 Å². The zero-order valence-corrected chi connectivity index (χ0v) is 12.4. The van der Waals surface area contributed by atoms with Crippen molar-refractivity contribution in [2.45, 2.75) is 24.8 Å². The molecule has 3 nitrogen and oxygen atoms in total. The van der Waals surface area contributed by atoms with Crippen LogP contribution in [0.1, 0.15) is 22.7 Å². The van der Waals surface area contributed by atoms with E-state index in [9.17, 15) is 8.42 Å². The molecule has 2 aromatic rings. The number of nitrogens with one attached hydrogen (secondary N) is 1. The lowest BCUT2D eigenvalue weighted by molar-refractivity contribution is 0.598. The summed E-state index contributed by atoms with van der Waals surface area (Å²) >= 11 is 0. The Hall–Kier alpha value is -1.81. The molecule has 20 heavy (non-hydrogen) atoms. The maximum atomic E-state index is 12.2. The number of aryl methyl sites for hydroxylation is 2. The third kappa shape index (κ3) is 2.20. The highest BCUT2D eigenvalue weighted by Crippen LogP contribution is 2.35. The fourth-order valence-corrected chi connectivity index (χ4v) is 4.39. The summed E-state index contributed by atoms with van der Waals surface area (Å²) in [6, 6.07) is 13.2. The Morgan fingerprint density at radius 2 is 1.85 bits per heavy atom. The van der Waals surface area contributed by atoms with E-state index in [1.165, 1.54) is 0 Å². The molecule has 1 N–H and O–H groups in total. The molecule has 0 aromatic heterocycles. The maximum Gasteiger partial charge on any atom is 0.181 e. The number of benzene rings is 2. The van der Waals surface area contributed by atoms with E-state index in [-0.39, 0.29) is 11.8 Å². The van der Waals surface area contributed by atoms with Gasteiger partial charge < -0.3 is 5.32 Å². The van der Waals surface area contributed by atoms with E-state index < -0.39 is 9.84 Å². The number of anilines is 1. The molecule has 1 heterocycles. The standard InChI is InChI=1S/C16H17NO2S/c1-11-7-8-12(2)14(9-11)17-15-10-20(18,19)16-6-4-3-5-13(15)16/h3-9,15,17H,10H2,1-2H3. The van der Waals surface area contributed by atoms with Crippen molar-refractivity contribution in [1.82, 2.24) is 0 Å². The number of hydrogen-bond acceptors (Lipinski definition) is 3. The second-order valence-corrected chi connectivity index (χ2v) is 7.34. The average Bonchev–Trinajstić information content (AvgIpc) is 2.66. The summed E-state index contributed by atoms with van der Waals surface area (Å²) < 4.78 is 24.3. The molecule has 0 amide bonds. The molecule has 0 bridgehead atoms. The molecular formula is C16H17NO2S. The van der Waals surface area contributed by atoms with Crippen LogP contribution in [0.25, 0.3) is 0 Å². The first-order valence-electron chi connectivity index (χ1n) is 6.63. The topological polar surface area (TPSA) is 46.2 Å². The number of rotatable bonds is 2. The minimum atomic E-state index is -3.16. The van der Waals surface area contributed by atoms with Crippen LogP contribution in [-0.2, 0) is 9.84 Å². The summed E-state index contributed by atoms with van der Waals surface area (Å²) in [5.74, 6) is 0.125. The quantitative estimate of drug-likeness (QED) is 0.922. The normalized spacial score (nSPS) is 19.6. The van der Waals surface area contributed by atoms with E-state index in [0.29, 0.717) is 4.90 Å². The SMILES string of the molecule is Cc1ccc(C)c(NC2CS(=O)(=O)c3ccccc32)c1. The maximum absolute atomic E-state index is 12.2. The van der Waals surface area contributed by atoms with Gasteiger partial charge in [0.2, 0.25) is 0 Å². The summed E-state index contributed by atoms with van der Waals surface area (Å²) in [7, 11) is -3.16. The largest absolute Gasteiger partial charge is 0.377 e. The zero-order chi connectivity index (χ0) is 14.3. The van der Waals surface area contributed by atoms with Crippen LogP contribution in [0.5, 0.6) is 0 Å². The van der Waals surface area contributed by atoms with Crippen molar-refractivity contribution in [1.29, 1.82) is 0 Å². The van der Waals surface area contributed by atoms with E-state index in [2.05, 4.69) is 17.4 Å². The Kier molecular flexibility index (Phi) is 3.05. The van der Waals surface area contributed by atoms with Crippen molar-refractivity contribution in [3.63, 3.8) is 0 Å². The van der Waals surface area contributed by atoms with Crippen LogP contribution in [-0.4, -0.2) is 14.2 Å². The van der Waals surface area contributed by atoms with Gasteiger partial charge in [-0.15, -0.1) is 0 Å². The summed E-state index contributed by atoms with van der Waals surface area (Å²) in [5.41, 5.74) is 4.15. The summed E-state index contributed by atoms with van der Waals surface area (Å²) in [5, 5.41) is 3.38. The Balaban J connectivity index is 2.00. The first kappa shape index (κ1) is 13.2. The van der Waals surface area contributed by atoms with Gasteiger partial charge in [0, 0.05) is 5.69 Å². The monoisotopic (exact) mass is 287 g/mol. The highest BCUT2D eigenvalue weighted by Gasteiger charge is 2.34. The van der Waals surface area contributed by atoms with Crippen molar-refractivity contribution in [3.8, 4) is 0 Å². The van der Waals surface area contributed by atoms with Crippen molar-refractivity contribution in [2.24, 2.45) is 0 Å². The van der Waals surface area contributed by atoms with Crippen molar-refractivity contribution in [3.05, 3.63) is 59.2 Å². The van der Waals surface area contributed by atoms with Gasteiger partial charge in [0.1, 0.15) is 0 Å². The van der Waals surface area contributed by atoms with Crippen LogP contribution in [0.2, 0.25) is 0 Å². The Bertz CT molecular complexity index is 766. The highest BCUT2D eigenvalue weighted by atomic mass is 32.2. The average molecular weight is 287 g/mol. The predicted molar refractivity (Wildman–Crippen MR) is 80.8 cm³/mol. The fraction of sp³-hybridized carbons (Fsp3) is 0.250. The predicted octanol–water partition coefficient (Wildman–Crippen LogP) is 3.24. The summed E-state index contributed by atoms with van der Waals surface area (Å²) in [4.78, 5) is 0.461. The fourth-order valence-electron chi connectivity index (χ4n) is 2.65. The summed E-state index contributed by atoms with van der Waals surface area (Å²) in [6.45, 7) is 4.06. The molecule has 3 rings (SSSR count). The van der Waals surface area contributed by atoms with Gasteiger partial charge in [-0.1, -0.05) is 30.3 Å². The minimum absolute atomic E-state index is 0.125. The molecule has 1 atom stereocenters. The van der Waals surface area contributed by atoms with Crippen LogP contribution in [0.3, 0.4) is 0 Å². The highest BCUT2D eigenvalue weighted by molar-refractivity contribution is 7.91. The van der Waals surface area contributed by atoms with Crippen molar-refractivity contribution >= 4 is 15.5 Å². The zero-order valence-electron chi connectivity index (χ0n) is 11.6. The van der Waals surface area contributed by atoms with Gasteiger partial charge in [0.25, 0.3) is 0 Å². The van der Waals surface area contributed by atoms with Gasteiger partial charge >= 0.3 is 0 Å². The molecule has 1 aliphatic heterocycles. The lowest BCUT2D eigenvalue weighted by Gasteiger charge is -2.16. The van der Waals surface area contributed by atoms with Crippen molar-refractivity contribution < 1.29 is 8.42 Å². The van der Waals surface area contributed by atoms with Gasteiger partial charge in [0.15, 0.2) is 9.84 Å². The lowest BCUT2D eigenvalue weighted by atomic mass is 10.1. The molecular weight excluding hydrogens is 270 g/mol. The molecule has 4 heteroatoms. The molecule has 0 radical (unpaired) electrons. The minimum Gasteiger partial charge on any atom is -0.377 e. The Labute approximate surface area is 119 Å². The van der Waals surface area contributed by atoms with Crippen LogP contribution in [0.4, 0.5) is 5.69 Å². The molecule has 104 valence electrons. The number of sulfone groups is 1. The van der Waals surface area contributed by atoms with Crippen LogP contribution >= 0.6 is 0 Å². The van der Waals surface area contributed by atoms with E-state index in [0.717, 1.165) is 22.4 Å². The second kappa shape index (κ2) is 4.63. The van der Waals surface area contributed by atoms with E-state index >= 15 is 0 Å². The molecule has 0 fully saturated rings. The Morgan fingerprint density at radius 1 is 1.10 bits per heavy atom. The van der Waals surface area contributed by atoms with Crippen LogP contribution < -0.4 is 5.32 Å². The molecule has 1 aliphatic rings. The third-order valence-electron chi connectivity index (χ3n) is 3.74. The first-order valence-corrected chi connectivity index (χ1v) is 8.28. The molecule has 0 spiro atoms. The summed E-state index contributed by atoms with van der Waals surface area (Å²) in [6.07, 6.45) is 0. The van der Waals surface area contributed by atoms with E-state index in [1.807, 2.05) is 32.0 Å². The van der Waals surface area contributed by atoms with Gasteiger partial charge in [-0.05, 0) is 42.7 Å². The Morgan fingerprint density at radius 3 is 2.65 bits per heavy atom. The van der Waals surface area contributed by atoms with Gasteiger partial charge in [-0.2, -0.15) is 0 Å². The molecule has 2 aromatic carbocycles. The lowest BCUT2D eigenvalue weighted by Crippen LogP contribution is -2.13. The van der Waals surface area contributed by atoms with Gasteiger partial charge in [-0.25, -0.2) is 8.42 Å². The van der Waals surface area contributed by atoms with Crippen LogP contribution in [0.15, 0.2) is 47.4 Å². The third-order valence-corrected chi connectivity index (χ3v) is 5.55. The van der Waals surface area contributed by atoms with E-state index in [1.54, 1.807) is 12.1 Å². The van der Waals surface area contributed by atoms with E-state index in [4.69, 9.17) is 0 Å². The smallest absolute Gasteiger partial charge is 0.181 e. The molecule has 1 unspecified atom stereocenters. The van der Waals surface area contributed by atoms with Crippen molar-refractivity contribution in [2.75, 3.05) is 11.1 Å². The molecule has 0 saturated carbocycles. The number of fused-ring (bicyclic) bond motifs is 1. The van der Waals surface area contributed by atoms with Crippen LogP contribution in [0, 0.1) is 13.8 Å². The molecule has 0 saturated heterocycles. The first-order chi connectivity index (χ1) is 9.47. The molecule has 0 aliphatic carbocycles. The van der Waals surface area contributed by atoms with Gasteiger partial charge in [0.05, 0.1) is 16.7 Å². The second-order valence-electron chi connectivity index (χ2n) is 5.33.